The molecule has 256 valence electrons. The highest BCUT2D eigenvalue weighted by atomic mass is 16.3. The van der Waals surface area contributed by atoms with Gasteiger partial charge in [-0.3, -0.25) is 4.79 Å². The van der Waals surface area contributed by atoms with Crippen LogP contribution < -0.4 is 5.32 Å². The van der Waals surface area contributed by atoms with Crippen LogP contribution in [0.5, 0.6) is 0 Å². The van der Waals surface area contributed by atoms with E-state index in [9.17, 15) is 25.2 Å². The molecule has 4 atom stereocenters. The summed E-state index contributed by atoms with van der Waals surface area (Å²) < 4.78 is 0. The number of carbonyl (C=O) groups is 1. The first-order valence-corrected chi connectivity index (χ1v) is 18.0. The number of hydrogen-bond acceptors (Lipinski definition) is 5. The van der Waals surface area contributed by atoms with Crippen molar-refractivity contribution in [2.75, 3.05) is 6.61 Å². The third kappa shape index (κ3) is 27.8. The zero-order valence-corrected chi connectivity index (χ0v) is 28.4. The Morgan fingerprint density at radius 3 is 1.52 bits per heavy atom. The lowest BCUT2D eigenvalue weighted by molar-refractivity contribution is -0.123. The Morgan fingerprint density at radius 1 is 0.568 bits per heavy atom. The number of amides is 1. The molecule has 0 aliphatic rings. The van der Waals surface area contributed by atoms with Crippen molar-refractivity contribution in [3.63, 3.8) is 0 Å². The summed E-state index contributed by atoms with van der Waals surface area (Å²) in [5, 5.41) is 43.4. The van der Waals surface area contributed by atoms with Crippen LogP contribution in [0.1, 0.15) is 155 Å². The van der Waals surface area contributed by atoms with E-state index in [1.807, 2.05) is 12.2 Å². The van der Waals surface area contributed by atoms with Crippen LogP contribution in [0, 0.1) is 0 Å². The molecule has 0 spiro atoms. The van der Waals surface area contributed by atoms with Gasteiger partial charge in [0.05, 0.1) is 31.0 Å². The Bertz CT molecular complexity index is 748. The Kier molecular flexibility index (Phi) is 31.4. The molecule has 44 heavy (non-hydrogen) atoms. The fourth-order valence-corrected chi connectivity index (χ4v) is 5.15. The summed E-state index contributed by atoms with van der Waals surface area (Å²) in [6, 6.07) is -0.673. The number of rotatable bonds is 31. The lowest BCUT2D eigenvalue weighted by Gasteiger charge is -2.22. The quantitative estimate of drug-likeness (QED) is 0.0395. The highest BCUT2D eigenvalue weighted by Gasteiger charge is 2.21. The Labute approximate surface area is 270 Å². The Balaban J connectivity index is 3.90. The first-order chi connectivity index (χ1) is 21.5. The number of nitrogens with one attached hydrogen (secondary N) is 1. The molecule has 6 nitrogen and oxygen atoms in total. The van der Waals surface area contributed by atoms with Crippen molar-refractivity contribution in [3.8, 4) is 0 Å². The number of aliphatic hydroxyl groups is 4. The van der Waals surface area contributed by atoms with E-state index >= 15 is 0 Å². The van der Waals surface area contributed by atoms with Gasteiger partial charge in [0.2, 0.25) is 5.91 Å². The van der Waals surface area contributed by atoms with Gasteiger partial charge >= 0.3 is 0 Å². The molecule has 0 aromatic carbocycles. The maximum absolute atomic E-state index is 12.4. The van der Waals surface area contributed by atoms with Crippen LogP contribution in [-0.4, -0.2) is 57.3 Å². The minimum Gasteiger partial charge on any atom is -0.394 e. The summed E-state index contributed by atoms with van der Waals surface area (Å²) in [6.45, 7) is 4.08. The lowest BCUT2D eigenvalue weighted by Crippen LogP contribution is -2.45. The SMILES string of the molecule is CC/C=C\C/C=C\C/C=C\C/C=C\C[C@@H](O)[C@H](O)CCCC(=O)N[C@@H](CO)[C@H](O)CCCCCCCCCCCCCCC. The number of unbranched alkanes of at least 4 members (excludes halogenated alkanes) is 12. The van der Waals surface area contributed by atoms with Crippen molar-refractivity contribution in [2.45, 2.75) is 179 Å². The van der Waals surface area contributed by atoms with Gasteiger partial charge in [-0.2, -0.15) is 0 Å². The number of hydrogen-bond donors (Lipinski definition) is 5. The molecule has 0 aliphatic carbocycles. The minimum absolute atomic E-state index is 0.176. The molecule has 0 saturated carbocycles. The Hall–Kier alpha value is -1.73. The van der Waals surface area contributed by atoms with Gasteiger partial charge in [0.15, 0.2) is 0 Å². The molecule has 0 aromatic heterocycles. The number of carbonyl (C=O) groups excluding carboxylic acids is 1. The van der Waals surface area contributed by atoms with E-state index in [0.29, 0.717) is 25.7 Å². The first kappa shape index (κ1) is 42.3. The fraction of sp³-hybridized carbons (Fsp3) is 0.763. The van der Waals surface area contributed by atoms with Crippen molar-refractivity contribution in [1.29, 1.82) is 0 Å². The molecule has 0 unspecified atom stereocenters. The predicted molar refractivity (Wildman–Crippen MR) is 187 cm³/mol. The molecule has 0 heterocycles. The number of aliphatic hydroxyl groups excluding tert-OH is 4. The molecule has 0 bridgehead atoms. The summed E-state index contributed by atoms with van der Waals surface area (Å²) in [6.07, 6.45) is 36.1. The van der Waals surface area contributed by atoms with Gasteiger partial charge in [0, 0.05) is 6.42 Å². The first-order valence-electron chi connectivity index (χ1n) is 18.0. The fourth-order valence-electron chi connectivity index (χ4n) is 5.15. The van der Waals surface area contributed by atoms with Crippen molar-refractivity contribution >= 4 is 5.91 Å². The van der Waals surface area contributed by atoms with E-state index in [1.54, 1.807) is 0 Å². The zero-order valence-electron chi connectivity index (χ0n) is 28.4. The van der Waals surface area contributed by atoms with Crippen LogP contribution in [0.15, 0.2) is 48.6 Å². The second-order valence-electron chi connectivity index (χ2n) is 12.2. The molecule has 5 N–H and O–H groups in total. The topological polar surface area (TPSA) is 110 Å². The molecule has 0 rings (SSSR count). The maximum Gasteiger partial charge on any atom is 0.220 e. The summed E-state index contributed by atoms with van der Waals surface area (Å²) in [5.74, 6) is -0.255. The van der Waals surface area contributed by atoms with Crippen LogP contribution in [0.4, 0.5) is 0 Å². The van der Waals surface area contributed by atoms with E-state index < -0.39 is 24.4 Å². The van der Waals surface area contributed by atoms with E-state index in [2.05, 4.69) is 55.6 Å². The van der Waals surface area contributed by atoms with E-state index in [4.69, 9.17) is 0 Å². The average Bonchev–Trinajstić information content (AvgIpc) is 3.02. The number of allylic oxidation sites excluding steroid dienone is 7. The van der Waals surface area contributed by atoms with Crippen LogP contribution >= 0.6 is 0 Å². The lowest BCUT2D eigenvalue weighted by atomic mass is 10.0. The molecule has 1 amide bonds. The second kappa shape index (κ2) is 32.7. The third-order valence-corrected chi connectivity index (χ3v) is 8.06. The molecule has 0 saturated heterocycles. The van der Waals surface area contributed by atoms with Gasteiger partial charge in [-0.1, -0.05) is 146 Å². The maximum atomic E-state index is 12.4. The van der Waals surface area contributed by atoms with Gasteiger partial charge in [-0.15, -0.1) is 0 Å². The van der Waals surface area contributed by atoms with Gasteiger partial charge in [-0.25, -0.2) is 0 Å². The second-order valence-corrected chi connectivity index (χ2v) is 12.2. The zero-order chi connectivity index (χ0) is 32.5. The van der Waals surface area contributed by atoms with Crippen LogP contribution in [0.3, 0.4) is 0 Å². The van der Waals surface area contributed by atoms with Gasteiger partial charge in [0.25, 0.3) is 0 Å². The molecule has 0 fully saturated rings. The van der Waals surface area contributed by atoms with Gasteiger partial charge in [-0.05, 0) is 51.4 Å². The summed E-state index contributed by atoms with van der Waals surface area (Å²) >= 11 is 0. The van der Waals surface area contributed by atoms with E-state index in [-0.39, 0.29) is 18.9 Å². The molecule has 0 aliphatic heterocycles. The van der Waals surface area contributed by atoms with Crippen LogP contribution in [0.25, 0.3) is 0 Å². The van der Waals surface area contributed by atoms with Gasteiger partial charge < -0.3 is 25.7 Å². The van der Waals surface area contributed by atoms with Crippen molar-refractivity contribution in [1.82, 2.24) is 5.32 Å². The summed E-state index contributed by atoms with van der Waals surface area (Å²) in [4.78, 5) is 12.4. The monoisotopic (exact) mass is 620 g/mol. The van der Waals surface area contributed by atoms with E-state index in [1.165, 1.54) is 64.2 Å². The largest absolute Gasteiger partial charge is 0.394 e. The smallest absolute Gasteiger partial charge is 0.220 e. The highest BCUT2D eigenvalue weighted by molar-refractivity contribution is 5.76. The van der Waals surface area contributed by atoms with Crippen molar-refractivity contribution in [2.24, 2.45) is 0 Å². The van der Waals surface area contributed by atoms with E-state index in [0.717, 1.165) is 44.9 Å². The Morgan fingerprint density at radius 2 is 1.02 bits per heavy atom. The molecular weight excluding hydrogens is 550 g/mol. The molecule has 0 aromatic rings. The van der Waals surface area contributed by atoms with Crippen LogP contribution in [0.2, 0.25) is 0 Å². The standard InChI is InChI=1S/C38H69NO5/c1-3-5-7-9-11-13-15-17-19-20-22-24-26-29-35(41)34(33-40)39-38(44)32-28-31-37(43)36(42)30-27-25-23-21-18-16-14-12-10-8-6-4-2/h6,8,12,14,18,21,25,27,34-37,40-43H,3-5,7,9-11,13,15-17,19-20,22-24,26,28-33H2,1-2H3,(H,39,44)/b8-6-,14-12-,21-18-,27-25-/t34-,35+,36+,37+/m0/s1. The van der Waals surface area contributed by atoms with Crippen molar-refractivity contribution in [3.05, 3.63) is 48.6 Å². The summed E-state index contributed by atoms with van der Waals surface area (Å²) in [5.41, 5.74) is 0. The van der Waals surface area contributed by atoms with Crippen molar-refractivity contribution < 1.29 is 25.2 Å². The third-order valence-electron chi connectivity index (χ3n) is 8.06. The molecular formula is C38H69NO5. The minimum atomic E-state index is -0.898. The highest BCUT2D eigenvalue weighted by Crippen LogP contribution is 2.15. The molecule has 6 heteroatoms. The average molecular weight is 620 g/mol. The van der Waals surface area contributed by atoms with Gasteiger partial charge in [0.1, 0.15) is 0 Å². The molecule has 0 radical (unpaired) electrons. The predicted octanol–water partition coefficient (Wildman–Crippen LogP) is 8.39. The van der Waals surface area contributed by atoms with Crippen LogP contribution in [-0.2, 0) is 4.79 Å². The summed E-state index contributed by atoms with van der Waals surface area (Å²) in [7, 11) is 0. The normalized spacial score (nSPS) is 15.1.